The van der Waals surface area contributed by atoms with E-state index >= 15 is 0 Å². The molecule has 0 spiro atoms. The minimum absolute atomic E-state index is 0.394. The number of hydrogen-bond donors (Lipinski definition) is 1. The van der Waals surface area contributed by atoms with Crippen molar-refractivity contribution < 1.29 is 4.74 Å². The summed E-state index contributed by atoms with van der Waals surface area (Å²) in [5, 5.41) is 4.86. The molecule has 0 amide bonds. The highest BCUT2D eigenvalue weighted by molar-refractivity contribution is 9.10. The lowest BCUT2D eigenvalue weighted by Crippen LogP contribution is -2.38. The molecular formula is C16H21BrN2O. The Labute approximate surface area is 128 Å². The summed E-state index contributed by atoms with van der Waals surface area (Å²) in [5.41, 5.74) is 1.28. The second-order valence-electron chi connectivity index (χ2n) is 5.48. The van der Waals surface area contributed by atoms with E-state index in [2.05, 4.69) is 63.2 Å². The lowest BCUT2D eigenvalue weighted by Gasteiger charge is -2.20. The van der Waals surface area contributed by atoms with Gasteiger partial charge in [-0.05, 0) is 38.0 Å². The normalized spacial score (nSPS) is 20.6. The van der Waals surface area contributed by atoms with Crippen molar-refractivity contribution in [1.29, 1.82) is 0 Å². The molecule has 2 heterocycles. The zero-order valence-electron chi connectivity index (χ0n) is 11.8. The summed E-state index contributed by atoms with van der Waals surface area (Å²) in [5.74, 6) is 0. The van der Waals surface area contributed by atoms with E-state index in [-0.39, 0.29) is 0 Å². The Hall–Kier alpha value is -0.840. The Morgan fingerprint density at radius 2 is 2.35 bits per heavy atom. The van der Waals surface area contributed by atoms with Gasteiger partial charge < -0.3 is 14.6 Å². The molecule has 0 radical (unpaired) electrons. The van der Waals surface area contributed by atoms with Crippen molar-refractivity contribution in [3.8, 4) is 0 Å². The van der Waals surface area contributed by atoms with E-state index in [9.17, 15) is 0 Å². The molecule has 1 aliphatic heterocycles. The van der Waals surface area contributed by atoms with E-state index in [0.29, 0.717) is 12.1 Å². The van der Waals surface area contributed by atoms with Gasteiger partial charge in [0.05, 0.1) is 6.10 Å². The number of rotatable bonds is 5. The second kappa shape index (κ2) is 6.29. The zero-order chi connectivity index (χ0) is 13.9. The molecule has 2 atom stereocenters. The molecule has 108 valence electrons. The van der Waals surface area contributed by atoms with Crippen LogP contribution in [0.1, 0.15) is 19.8 Å². The minimum Gasteiger partial charge on any atom is -0.377 e. The molecule has 1 aliphatic rings. The van der Waals surface area contributed by atoms with Crippen molar-refractivity contribution in [2.75, 3.05) is 13.2 Å². The van der Waals surface area contributed by atoms with Crippen LogP contribution in [0.4, 0.5) is 0 Å². The molecular weight excluding hydrogens is 316 g/mol. The highest BCUT2D eigenvalue weighted by Gasteiger charge is 2.21. The molecule has 2 aromatic rings. The van der Waals surface area contributed by atoms with Gasteiger partial charge >= 0.3 is 0 Å². The van der Waals surface area contributed by atoms with Gasteiger partial charge in [0, 0.05) is 47.3 Å². The summed E-state index contributed by atoms with van der Waals surface area (Å²) in [6.07, 6.45) is 4.94. The van der Waals surface area contributed by atoms with E-state index in [1.807, 2.05) is 0 Å². The van der Waals surface area contributed by atoms with E-state index in [1.54, 1.807) is 0 Å². The highest BCUT2D eigenvalue weighted by atomic mass is 79.9. The third kappa shape index (κ3) is 2.92. The average Bonchev–Trinajstić information content (AvgIpc) is 3.09. The van der Waals surface area contributed by atoms with E-state index in [4.69, 9.17) is 4.74 Å². The first-order valence-corrected chi connectivity index (χ1v) is 8.13. The van der Waals surface area contributed by atoms with Gasteiger partial charge in [-0.1, -0.05) is 22.0 Å². The molecule has 1 aromatic carbocycles. The first kappa shape index (κ1) is 14.1. The maximum absolute atomic E-state index is 5.71. The molecule has 3 rings (SSSR count). The van der Waals surface area contributed by atoms with Gasteiger partial charge in [0.2, 0.25) is 0 Å². The van der Waals surface area contributed by atoms with Crippen molar-refractivity contribution in [2.45, 2.75) is 38.5 Å². The smallest absolute Gasteiger partial charge is 0.0726 e. The van der Waals surface area contributed by atoms with Crippen molar-refractivity contribution in [3.05, 3.63) is 34.9 Å². The van der Waals surface area contributed by atoms with Crippen LogP contribution in [0.15, 0.2) is 34.9 Å². The lowest BCUT2D eigenvalue weighted by molar-refractivity contribution is 0.0835. The molecule has 20 heavy (non-hydrogen) atoms. The predicted octanol–water partition coefficient (Wildman–Crippen LogP) is 3.56. The van der Waals surface area contributed by atoms with Crippen LogP contribution < -0.4 is 5.32 Å². The minimum atomic E-state index is 0.394. The first-order chi connectivity index (χ1) is 9.75. The molecule has 1 saturated heterocycles. The fourth-order valence-corrected chi connectivity index (χ4v) is 3.41. The predicted molar refractivity (Wildman–Crippen MR) is 86.1 cm³/mol. The molecule has 1 aromatic heterocycles. The second-order valence-corrected chi connectivity index (χ2v) is 6.33. The van der Waals surface area contributed by atoms with E-state index in [0.717, 1.165) is 24.2 Å². The number of aromatic nitrogens is 1. The maximum atomic E-state index is 5.71. The van der Waals surface area contributed by atoms with Crippen LogP contribution in [-0.2, 0) is 11.3 Å². The topological polar surface area (TPSA) is 26.2 Å². The quantitative estimate of drug-likeness (QED) is 0.903. The fourth-order valence-electron chi connectivity index (χ4n) is 2.92. The van der Waals surface area contributed by atoms with Crippen LogP contribution in [0.5, 0.6) is 0 Å². The van der Waals surface area contributed by atoms with Crippen LogP contribution in [0, 0.1) is 0 Å². The molecule has 0 bridgehead atoms. The monoisotopic (exact) mass is 336 g/mol. The van der Waals surface area contributed by atoms with E-state index in [1.165, 1.54) is 23.7 Å². The Bertz CT molecular complexity index is 575. The number of ether oxygens (including phenoxy) is 1. The summed E-state index contributed by atoms with van der Waals surface area (Å²) < 4.78 is 9.18. The van der Waals surface area contributed by atoms with Gasteiger partial charge in [0.15, 0.2) is 0 Å². The third-order valence-corrected chi connectivity index (χ3v) is 4.79. The maximum Gasteiger partial charge on any atom is 0.0726 e. The van der Waals surface area contributed by atoms with Gasteiger partial charge in [-0.2, -0.15) is 0 Å². The average molecular weight is 337 g/mol. The largest absolute Gasteiger partial charge is 0.377 e. The van der Waals surface area contributed by atoms with Crippen LogP contribution >= 0.6 is 15.9 Å². The Kier molecular flexibility index (Phi) is 4.44. The van der Waals surface area contributed by atoms with Crippen LogP contribution in [0.25, 0.3) is 10.9 Å². The van der Waals surface area contributed by atoms with Crippen molar-refractivity contribution in [3.63, 3.8) is 0 Å². The lowest BCUT2D eigenvalue weighted by atomic mass is 10.1. The fraction of sp³-hybridized carbons (Fsp3) is 0.500. The summed E-state index contributed by atoms with van der Waals surface area (Å²) in [7, 11) is 0. The van der Waals surface area contributed by atoms with Gasteiger partial charge in [0.1, 0.15) is 0 Å². The van der Waals surface area contributed by atoms with Crippen LogP contribution in [-0.4, -0.2) is 29.9 Å². The summed E-state index contributed by atoms with van der Waals surface area (Å²) in [6.45, 7) is 5.10. The highest BCUT2D eigenvalue weighted by Crippen LogP contribution is 2.24. The number of fused-ring (bicyclic) bond motifs is 1. The Morgan fingerprint density at radius 3 is 3.15 bits per heavy atom. The molecule has 0 aliphatic carbocycles. The molecule has 4 heteroatoms. The summed E-state index contributed by atoms with van der Waals surface area (Å²) in [6, 6.07) is 8.95. The van der Waals surface area contributed by atoms with Gasteiger partial charge in [-0.3, -0.25) is 0 Å². The first-order valence-electron chi connectivity index (χ1n) is 7.34. The molecule has 0 saturated carbocycles. The van der Waals surface area contributed by atoms with Crippen LogP contribution in [0.3, 0.4) is 0 Å². The number of nitrogens with one attached hydrogen (secondary N) is 1. The molecule has 1 N–H and O–H groups in total. The standard InChI is InChI=1S/C16H21BrN2O/c1-12(16-6-3-11-20-16)18-8-10-19-9-7-13-14(17)4-2-5-15(13)19/h2,4-5,7,9,12,16,18H,3,6,8,10-11H2,1H3. The third-order valence-electron chi connectivity index (χ3n) is 4.10. The van der Waals surface area contributed by atoms with Crippen molar-refractivity contribution >= 4 is 26.8 Å². The SMILES string of the molecule is CC(NCCn1ccc2c(Br)cccc21)C1CCCO1. The summed E-state index contributed by atoms with van der Waals surface area (Å²) in [4.78, 5) is 0. The molecule has 2 unspecified atom stereocenters. The van der Waals surface area contributed by atoms with Crippen molar-refractivity contribution in [2.24, 2.45) is 0 Å². The van der Waals surface area contributed by atoms with E-state index < -0.39 is 0 Å². The number of benzene rings is 1. The van der Waals surface area contributed by atoms with Gasteiger partial charge in [0.25, 0.3) is 0 Å². The van der Waals surface area contributed by atoms with Crippen molar-refractivity contribution in [1.82, 2.24) is 9.88 Å². The summed E-state index contributed by atoms with van der Waals surface area (Å²) >= 11 is 3.60. The Morgan fingerprint density at radius 1 is 1.45 bits per heavy atom. The number of halogens is 1. The Balaban J connectivity index is 1.58. The van der Waals surface area contributed by atoms with Gasteiger partial charge in [-0.15, -0.1) is 0 Å². The molecule has 1 fully saturated rings. The van der Waals surface area contributed by atoms with Gasteiger partial charge in [-0.25, -0.2) is 0 Å². The van der Waals surface area contributed by atoms with Crippen LogP contribution in [0.2, 0.25) is 0 Å². The number of hydrogen-bond acceptors (Lipinski definition) is 2. The molecule has 3 nitrogen and oxygen atoms in total. The zero-order valence-corrected chi connectivity index (χ0v) is 13.4. The number of nitrogens with zero attached hydrogens (tertiary/aromatic N) is 1.